The fraction of sp³-hybridized carbons (Fsp3) is 0.667. The van der Waals surface area contributed by atoms with E-state index in [1.807, 2.05) is 0 Å². The number of hydrogen-bond donors (Lipinski definition) is 0. The minimum atomic E-state index is 0.288. The second kappa shape index (κ2) is 7.88. The standard InChI is InChI=1S/C21H33N3O/c1-18-5-7-19(8-6-18)17-20(25)23-13-10-21(11-14-23)9-4-12-24(21)16-15-22(2)3/h5-8H,4,9-17H2,1-3H3. The number of aryl methyl sites for hydroxylation is 1. The zero-order valence-corrected chi connectivity index (χ0v) is 16.1. The normalized spacial score (nSPS) is 20.6. The van der Waals surface area contributed by atoms with Crippen molar-refractivity contribution in [2.45, 2.75) is 44.6 Å². The van der Waals surface area contributed by atoms with E-state index in [9.17, 15) is 4.79 Å². The Morgan fingerprint density at radius 1 is 1.08 bits per heavy atom. The molecular formula is C21H33N3O. The van der Waals surface area contributed by atoms with Crippen LogP contribution in [0.4, 0.5) is 0 Å². The van der Waals surface area contributed by atoms with Gasteiger partial charge in [0.25, 0.3) is 0 Å². The maximum atomic E-state index is 12.7. The fourth-order valence-corrected chi connectivity index (χ4v) is 4.39. The lowest BCUT2D eigenvalue weighted by atomic mass is 9.84. The van der Waals surface area contributed by atoms with Gasteiger partial charge in [0.2, 0.25) is 5.91 Å². The van der Waals surface area contributed by atoms with Crippen LogP contribution in [-0.4, -0.2) is 73.0 Å². The number of likely N-dealkylation sites (tertiary alicyclic amines) is 2. The quantitative estimate of drug-likeness (QED) is 0.822. The molecule has 0 N–H and O–H groups in total. The molecule has 2 aliphatic rings. The van der Waals surface area contributed by atoms with E-state index in [0.717, 1.165) is 44.6 Å². The highest BCUT2D eigenvalue weighted by atomic mass is 16.2. The van der Waals surface area contributed by atoms with Crippen molar-refractivity contribution in [3.8, 4) is 0 Å². The Kier molecular flexibility index (Phi) is 5.80. The fourth-order valence-electron chi connectivity index (χ4n) is 4.39. The maximum Gasteiger partial charge on any atom is 0.226 e. The number of amides is 1. The highest BCUT2D eigenvalue weighted by Crippen LogP contribution is 2.38. The summed E-state index contributed by atoms with van der Waals surface area (Å²) in [6, 6.07) is 8.35. The van der Waals surface area contributed by atoms with Gasteiger partial charge < -0.3 is 9.80 Å². The number of hydrogen-bond acceptors (Lipinski definition) is 3. The van der Waals surface area contributed by atoms with E-state index in [4.69, 9.17) is 0 Å². The van der Waals surface area contributed by atoms with E-state index in [1.54, 1.807) is 0 Å². The van der Waals surface area contributed by atoms with Crippen molar-refractivity contribution >= 4 is 5.91 Å². The Hall–Kier alpha value is -1.39. The van der Waals surface area contributed by atoms with Gasteiger partial charge in [-0.05, 0) is 58.8 Å². The summed E-state index contributed by atoms with van der Waals surface area (Å²) in [7, 11) is 4.30. The first-order valence-electron chi connectivity index (χ1n) is 9.72. The largest absolute Gasteiger partial charge is 0.342 e. The van der Waals surface area contributed by atoms with Crippen LogP contribution in [0.15, 0.2) is 24.3 Å². The zero-order chi connectivity index (χ0) is 17.9. The van der Waals surface area contributed by atoms with Gasteiger partial charge in [-0.2, -0.15) is 0 Å². The zero-order valence-electron chi connectivity index (χ0n) is 16.1. The molecule has 0 aliphatic carbocycles. The van der Waals surface area contributed by atoms with Gasteiger partial charge in [0.15, 0.2) is 0 Å². The van der Waals surface area contributed by atoms with Crippen LogP contribution >= 0.6 is 0 Å². The Labute approximate surface area is 152 Å². The molecule has 1 amide bonds. The predicted octanol–water partition coefficient (Wildman–Crippen LogP) is 2.56. The number of rotatable bonds is 5. The SMILES string of the molecule is Cc1ccc(CC(=O)N2CCC3(CCCN3CCN(C)C)CC2)cc1. The van der Waals surface area contributed by atoms with Crippen LogP contribution in [0.25, 0.3) is 0 Å². The van der Waals surface area contributed by atoms with Gasteiger partial charge in [0.1, 0.15) is 0 Å². The van der Waals surface area contributed by atoms with E-state index in [2.05, 4.69) is 60.0 Å². The lowest BCUT2D eigenvalue weighted by Crippen LogP contribution is -2.54. The Bertz CT molecular complexity index is 573. The van der Waals surface area contributed by atoms with E-state index in [0.29, 0.717) is 12.0 Å². The lowest BCUT2D eigenvalue weighted by molar-refractivity contribution is -0.133. The van der Waals surface area contributed by atoms with Crippen molar-refractivity contribution in [2.75, 3.05) is 46.8 Å². The molecule has 1 aromatic carbocycles. The molecule has 1 aromatic rings. The summed E-state index contributed by atoms with van der Waals surface area (Å²) in [5.74, 6) is 0.288. The average Bonchev–Trinajstić information content (AvgIpc) is 2.98. The van der Waals surface area contributed by atoms with Crippen LogP contribution in [0.3, 0.4) is 0 Å². The third-order valence-corrected chi connectivity index (χ3v) is 6.08. The number of carbonyl (C=O) groups is 1. The maximum absolute atomic E-state index is 12.7. The minimum absolute atomic E-state index is 0.288. The van der Waals surface area contributed by atoms with Crippen LogP contribution in [0.5, 0.6) is 0 Å². The van der Waals surface area contributed by atoms with Crippen LogP contribution in [-0.2, 0) is 11.2 Å². The van der Waals surface area contributed by atoms with Gasteiger partial charge in [-0.25, -0.2) is 0 Å². The second-order valence-corrected chi connectivity index (χ2v) is 8.16. The average molecular weight is 344 g/mol. The first-order chi connectivity index (χ1) is 12.0. The Balaban J connectivity index is 1.53. The lowest BCUT2D eigenvalue weighted by Gasteiger charge is -2.45. The van der Waals surface area contributed by atoms with Crippen molar-refractivity contribution in [2.24, 2.45) is 0 Å². The van der Waals surface area contributed by atoms with Crippen LogP contribution < -0.4 is 0 Å². The Morgan fingerprint density at radius 2 is 1.76 bits per heavy atom. The van der Waals surface area contributed by atoms with Gasteiger partial charge in [0, 0.05) is 31.7 Å². The van der Waals surface area contributed by atoms with Gasteiger partial charge in [-0.15, -0.1) is 0 Å². The molecule has 4 nitrogen and oxygen atoms in total. The van der Waals surface area contributed by atoms with Crippen LogP contribution in [0, 0.1) is 6.92 Å². The molecule has 2 aliphatic heterocycles. The molecule has 138 valence electrons. The first kappa shape index (κ1) is 18.4. The van der Waals surface area contributed by atoms with Crippen molar-refractivity contribution in [3.05, 3.63) is 35.4 Å². The van der Waals surface area contributed by atoms with Gasteiger partial charge in [-0.1, -0.05) is 29.8 Å². The molecule has 0 aromatic heterocycles. The monoisotopic (exact) mass is 343 g/mol. The smallest absolute Gasteiger partial charge is 0.226 e. The van der Waals surface area contributed by atoms with E-state index in [1.165, 1.54) is 24.9 Å². The number of nitrogens with zero attached hydrogens (tertiary/aromatic N) is 3. The summed E-state index contributed by atoms with van der Waals surface area (Å²) in [6.45, 7) is 7.43. The number of benzene rings is 1. The summed E-state index contributed by atoms with van der Waals surface area (Å²) in [5.41, 5.74) is 2.73. The van der Waals surface area contributed by atoms with Crippen molar-refractivity contribution in [1.82, 2.24) is 14.7 Å². The molecule has 0 unspecified atom stereocenters. The molecule has 0 bridgehead atoms. The summed E-state index contributed by atoms with van der Waals surface area (Å²) >= 11 is 0. The summed E-state index contributed by atoms with van der Waals surface area (Å²) in [5, 5.41) is 0. The Morgan fingerprint density at radius 3 is 2.40 bits per heavy atom. The van der Waals surface area contributed by atoms with E-state index >= 15 is 0 Å². The summed E-state index contributed by atoms with van der Waals surface area (Å²) in [6.07, 6.45) is 5.43. The summed E-state index contributed by atoms with van der Waals surface area (Å²) in [4.78, 5) is 19.7. The van der Waals surface area contributed by atoms with E-state index < -0.39 is 0 Å². The molecule has 0 saturated carbocycles. The third-order valence-electron chi connectivity index (χ3n) is 6.08. The molecule has 0 atom stereocenters. The van der Waals surface area contributed by atoms with Gasteiger partial charge >= 0.3 is 0 Å². The molecule has 3 rings (SSSR count). The van der Waals surface area contributed by atoms with Gasteiger partial charge in [0.05, 0.1) is 6.42 Å². The van der Waals surface area contributed by atoms with E-state index in [-0.39, 0.29) is 5.91 Å². The van der Waals surface area contributed by atoms with Gasteiger partial charge in [-0.3, -0.25) is 9.69 Å². The number of carbonyl (C=O) groups excluding carboxylic acids is 1. The minimum Gasteiger partial charge on any atom is -0.342 e. The molecule has 25 heavy (non-hydrogen) atoms. The topological polar surface area (TPSA) is 26.8 Å². The second-order valence-electron chi connectivity index (χ2n) is 8.16. The third kappa shape index (κ3) is 4.42. The van der Waals surface area contributed by atoms with Crippen molar-refractivity contribution in [3.63, 3.8) is 0 Å². The molecule has 2 fully saturated rings. The van der Waals surface area contributed by atoms with Crippen LogP contribution in [0.1, 0.15) is 36.8 Å². The van der Waals surface area contributed by atoms with Crippen molar-refractivity contribution in [1.29, 1.82) is 0 Å². The predicted molar refractivity (Wildman–Crippen MR) is 103 cm³/mol. The number of piperidine rings is 1. The first-order valence-corrected chi connectivity index (χ1v) is 9.72. The van der Waals surface area contributed by atoms with Crippen LogP contribution in [0.2, 0.25) is 0 Å². The molecular weight excluding hydrogens is 310 g/mol. The van der Waals surface area contributed by atoms with Crippen molar-refractivity contribution < 1.29 is 4.79 Å². The highest BCUT2D eigenvalue weighted by molar-refractivity contribution is 5.78. The highest BCUT2D eigenvalue weighted by Gasteiger charge is 2.43. The summed E-state index contributed by atoms with van der Waals surface area (Å²) < 4.78 is 0. The molecule has 0 radical (unpaired) electrons. The molecule has 4 heteroatoms. The number of likely N-dealkylation sites (N-methyl/N-ethyl adjacent to an activating group) is 1. The molecule has 2 heterocycles. The molecule has 1 spiro atoms. The molecule has 2 saturated heterocycles.